The zero-order valence-electron chi connectivity index (χ0n) is 19.1. The van der Waals surface area contributed by atoms with Gasteiger partial charge in [-0.2, -0.15) is 8.42 Å². The average Bonchev–Trinajstić information content (AvgIpc) is 3.07. The summed E-state index contributed by atoms with van der Waals surface area (Å²) in [7, 11) is -4.45. The normalized spacial score (nSPS) is 22.1. The first-order valence-electron chi connectivity index (χ1n) is 10.6. The number of carboxylic acids is 1. The number of hydrogen-bond donors (Lipinski definition) is 2. The lowest BCUT2D eigenvalue weighted by Gasteiger charge is -2.43. The second-order valence-corrected chi connectivity index (χ2v) is 11.8. The number of carbonyl (C=O) groups is 3. The number of rotatable bonds is 8. The van der Waals surface area contributed by atoms with Crippen LogP contribution in [0.15, 0.2) is 53.1 Å². The Bertz CT molecular complexity index is 1360. The van der Waals surface area contributed by atoms with Crippen LogP contribution < -0.4 is 9.62 Å². The highest BCUT2D eigenvalue weighted by atomic mass is 32.2. The maximum absolute atomic E-state index is 12.6. The lowest BCUT2D eigenvalue weighted by Crippen LogP contribution is -2.70. The summed E-state index contributed by atoms with van der Waals surface area (Å²) >= 11 is 1.33. The van der Waals surface area contributed by atoms with Gasteiger partial charge in [0.05, 0.1) is 12.1 Å². The largest absolute Gasteiger partial charge is 0.480 e. The summed E-state index contributed by atoms with van der Waals surface area (Å²) in [5.74, 6) is -1.97. The van der Waals surface area contributed by atoms with Gasteiger partial charge in [-0.1, -0.05) is 22.6 Å². The third-order valence-electron chi connectivity index (χ3n) is 5.77. The smallest absolute Gasteiger partial charge is 0.360 e. The zero-order valence-corrected chi connectivity index (χ0v) is 20.7. The van der Waals surface area contributed by atoms with E-state index in [0.29, 0.717) is 5.56 Å². The number of aromatic nitrogens is 1. The van der Waals surface area contributed by atoms with E-state index in [2.05, 4.69) is 14.7 Å². The number of aliphatic carboxylic acids is 1. The van der Waals surface area contributed by atoms with E-state index in [4.69, 9.17) is 0 Å². The highest BCUT2D eigenvalue weighted by molar-refractivity contribution is 8.01. The predicted octanol–water partition coefficient (Wildman–Crippen LogP) is 0.974. The maximum Gasteiger partial charge on any atom is 0.360 e. The van der Waals surface area contributed by atoms with Gasteiger partial charge in [0.15, 0.2) is 0 Å². The monoisotopic (exact) mass is 531 g/mol. The fraction of sp³-hybridized carbons (Fsp3) is 0.318. The molecule has 2 amide bonds. The minimum absolute atomic E-state index is 0.00620. The summed E-state index contributed by atoms with van der Waals surface area (Å²) in [6, 6.07) is 8.70. The second kappa shape index (κ2) is 9.37. The van der Waals surface area contributed by atoms with E-state index in [1.807, 2.05) is 0 Å². The quantitative estimate of drug-likeness (QED) is 0.287. The van der Waals surface area contributed by atoms with Crippen LogP contribution in [0.1, 0.15) is 19.4 Å². The van der Waals surface area contributed by atoms with Gasteiger partial charge in [-0.05, 0) is 43.7 Å². The van der Waals surface area contributed by atoms with E-state index in [9.17, 15) is 32.7 Å². The molecule has 1 aromatic carbocycles. The molecule has 2 aliphatic heterocycles. The Labute approximate surface area is 210 Å². The van der Waals surface area contributed by atoms with E-state index in [1.165, 1.54) is 53.2 Å². The molecule has 0 spiro atoms. The lowest BCUT2D eigenvalue weighted by molar-refractivity contribution is -0.161. The number of β-lactam (4-membered cyclic amide) rings is 1. The molecule has 0 saturated carbocycles. The Morgan fingerprint density at radius 1 is 1.25 bits per heavy atom. The first kappa shape index (κ1) is 25.4. The predicted molar refractivity (Wildman–Crippen MR) is 129 cm³/mol. The Hall–Kier alpha value is -3.74. The summed E-state index contributed by atoms with van der Waals surface area (Å²) < 4.78 is 28.0. The standard InChI is InChI=1S/C22H21N5O7S2/c1-22(2)18(21(31)32)26-19(30)17(20(26)35-22)25-16(29)11-13-6-8-14(9-7-13)27(36(33,34)24-12-28)15-5-3-4-10-23-15/h3-10,17-18,20H,11H2,1-2H3,(H,25,29)(H,31,32)/t17-,18+,20-/m1/s1. The first-order valence-corrected chi connectivity index (χ1v) is 12.9. The number of fused-ring (bicyclic) bond motifs is 1. The number of pyridine rings is 1. The number of nitrogens with zero attached hydrogens (tertiary/aromatic N) is 4. The first-order chi connectivity index (χ1) is 17.0. The number of benzene rings is 1. The third kappa shape index (κ3) is 4.57. The van der Waals surface area contributed by atoms with Gasteiger partial charge in [-0.25, -0.2) is 18.9 Å². The zero-order chi connectivity index (χ0) is 26.3. The molecule has 1 aromatic heterocycles. The van der Waals surface area contributed by atoms with Crippen molar-refractivity contribution < 1.29 is 32.7 Å². The van der Waals surface area contributed by atoms with Crippen LogP contribution in [0, 0.1) is 0 Å². The van der Waals surface area contributed by atoms with Crippen LogP contribution in [-0.2, 0) is 35.8 Å². The van der Waals surface area contributed by atoms with E-state index in [0.717, 1.165) is 10.4 Å². The van der Waals surface area contributed by atoms with Gasteiger partial charge in [0.2, 0.25) is 11.8 Å². The third-order valence-corrected chi connectivity index (χ3v) is 8.50. The topological polar surface area (TPSA) is 166 Å². The SMILES string of the molecule is CC1(C)S[C@@H]2[C@H](NC(=O)Cc3ccc(N(c4ccccn4)S(=O)(=O)N=C=O)cc3)C(=O)N2[C@H]1C(=O)O. The summed E-state index contributed by atoms with van der Waals surface area (Å²) in [5, 5.41) is 11.7. The molecule has 4 rings (SSSR count). The molecule has 2 fully saturated rings. The van der Waals surface area contributed by atoms with Crippen molar-refractivity contribution in [3.8, 4) is 0 Å². The Morgan fingerprint density at radius 3 is 2.53 bits per heavy atom. The van der Waals surface area contributed by atoms with Crippen LogP contribution >= 0.6 is 11.8 Å². The molecule has 188 valence electrons. The summed E-state index contributed by atoms with van der Waals surface area (Å²) in [6.07, 6.45) is 2.31. The number of isocyanates is 1. The van der Waals surface area contributed by atoms with Crippen LogP contribution in [-0.4, -0.2) is 69.5 Å². The molecule has 3 atom stereocenters. The van der Waals surface area contributed by atoms with Crippen molar-refractivity contribution in [2.75, 3.05) is 4.31 Å². The van der Waals surface area contributed by atoms with Crippen molar-refractivity contribution in [3.63, 3.8) is 0 Å². The molecule has 2 N–H and O–H groups in total. The summed E-state index contributed by atoms with van der Waals surface area (Å²) in [5.41, 5.74) is 0.658. The number of nitrogens with one attached hydrogen (secondary N) is 1. The fourth-order valence-electron chi connectivity index (χ4n) is 4.25. The molecule has 0 unspecified atom stereocenters. The van der Waals surface area contributed by atoms with Crippen molar-refractivity contribution in [3.05, 3.63) is 54.2 Å². The van der Waals surface area contributed by atoms with Crippen molar-refractivity contribution in [2.45, 2.75) is 42.5 Å². The van der Waals surface area contributed by atoms with Crippen LogP contribution in [0.4, 0.5) is 11.5 Å². The Morgan fingerprint density at radius 2 is 1.94 bits per heavy atom. The number of anilines is 2. The lowest BCUT2D eigenvalue weighted by atomic mass is 9.96. The number of hydrogen-bond acceptors (Lipinski definition) is 8. The number of carbonyl (C=O) groups excluding carboxylic acids is 3. The molecular formula is C22H21N5O7S2. The van der Waals surface area contributed by atoms with Gasteiger partial charge in [-0.15, -0.1) is 11.8 Å². The Kier molecular flexibility index (Phi) is 6.60. The van der Waals surface area contributed by atoms with Crippen LogP contribution in [0.3, 0.4) is 0 Å². The molecule has 14 heteroatoms. The highest BCUT2D eigenvalue weighted by Crippen LogP contribution is 2.50. The molecule has 3 heterocycles. The molecule has 2 aliphatic rings. The molecule has 0 radical (unpaired) electrons. The van der Waals surface area contributed by atoms with Crippen molar-refractivity contribution in [1.29, 1.82) is 0 Å². The molecule has 2 saturated heterocycles. The maximum atomic E-state index is 12.6. The van der Waals surface area contributed by atoms with E-state index in [1.54, 1.807) is 26.0 Å². The summed E-state index contributed by atoms with van der Waals surface area (Å²) in [6.45, 7) is 3.49. The van der Waals surface area contributed by atoms with Gasteiger partial charge in [0.25, 0.3) is 6.08 Å². The average molecular weight is 532 g/mol. The van der Waals surface area contributed by atoms with Gasteiger partial charge in [0, 0.05) is 10.9 Å². The highest BCUT2D eigenvalue weighted by Gasteiger charge is 2.64. The van der Waals surface area contributed by atoms with E-state index >= 15 is 0 Å². The van der Waals surface area contributed by atoms with Crippen LogP contribution in [0.25, 0.3) is 0 Å². The molecule has 0 bridgehead atoms. The van der Waals surface area contributed by atoms with Gasteiger partial charge < -0.3 is 15.3 Å². The molecule has 2 aromatic rings. The van der Waals surface area contributed by atoms with Gasteiger partial charge in [0.1, 0.15) is 23.3 Å². The van der Waals surface area contributed by atoms with Gasteiger partial charge >= 0.3 is 16.2 Å². The number of carboxylic acid groups (broad SMARTS) is 1. The van der Waals surface area contributed by atoms with Crippen molar-refractivity contribution in [1.82, 2.24) is 15.2 Å². The fourth-order valence-corrected chi connectivity index (χ4v) is 6.78. The minimum atomic E-state index is -4.45. The summed E-state index contributed by atoms with van der Waals surface area (Å²) in [4.78, 5) is 52.8. The molecule has 12 nitrogen and oxygen atoms in total. The van der Waals surface area contributed by atoms with E-state index in [-0.39, 0.29) is 17.9 Å². The minimum Gasteiger partial charge on any atom is -0.480 e. The van der Waals surface area contributed by atoms with E-state index < -0.39 is 50.2 Å². The molecular weight excluding hydrogens is 510 g/mol. The van der Waals surface area contributed by atoms with Crippen LogP contribution in [0.5, 0.6) is 0 Å². The Balaban J connectivity index is 1.46. The van der Waals surface area contributed by atoms with Crippen LogP contribution in [0.2, 0.25) is 0 Å². The number of amides is 2. The second-order valence-electron chi connectivity index (χ2n) is 8.60. The molecule has 36 heavy (non-hydrogen) atoms. The van der Waals surface area contributed by atoms with Crippen molar-refractivity contribution in [2.24, 2.45) is 4.40 Å². The van der Waals surface area contributed by atoms with Crippen molar-refractivity contribution >= 4 is 57.3 Å². The number of thioether (sulfide) groups is 1. The van der Waals surface area contributed by atoms with Gasteiger partial charge in [-0.3, -0.25) is 9.59 Å². The molecule has 0 aliphatic carbocycles.